The normalized spacial score (nSPS) is 28.5. The number of hydrogen-bond donors (Lipinski definition) is 1. The fourth-order valence-electron chi connectivity index (χ4n) is 3.22. The molecule has 2 aliphatic heterocycles. The minimum Gasteiger partial charge on any atom is -0.316 e. The first-order valence-electron chi connectivity index (χ1n) is 6.85. The van der Waals surface area contributed by atoms with Crippen LogP contribution < -0.4 is 5.32 Å². The molecule has 0 spiro atoms. The summed E-state index contributed by atoms with van der Waals surface area (Å²) in [6.07, 6.45) is 4.03. The van der Waals surface area contributed by atoms with Crippen molar-refractivity contribution in [2.75, 3.05) is 26.2 Å². The second kappa shape index (κ2) is 6.38. The molecule has 0 aromatic carbocycles. The van der Waals surface area contributed by atoms with E-state index in [1.807, 2.05) is 11.3 Å². The molecule has 1 aromatic rings. The van der Waals surface area contributed by atoms with Crippen LogP contribution in [0, 0.1) is 5.92 Å². The highest BCUT2D eigenvalue weighted by Crippen LogP contribution is 2.33. The Kier molecular flexibility index (Phi) is 5.07. The topological polar surface area (TPSA) is 15.3 Å². The van der Waals surface area contributed by atoms with E-state index in [1.165, 1.54) is 45.4 Å². The lowest BCUT2D eigenvalue weighted by Gasteiger charge is -2.37. The number of hydrogen-bond acceptors (Lipinski definition) is 3. The minimum absolute atomic E-state index is 0. The second-order valence-electron chi connectivity index (χ2n) is 5.43. The van der Waals surface area contributed by atoms with Crippen LogP contribution in [0.15, 0.2) is 11.4 Å². The van der Waals surface area contributed by atoms with Crippen molar-refractivity contribution < 1.29 is 0 Å². The Bertz CT molecular complexity index is 374. The smallest absolute Gasteiger partial charge is 0.0331 e. The fourth-order valence-corrected chi connectivity index (χ4v) is 4.19. The Morgan fingerprint density at radius 2 is 2.39 bits per heavy atom. The number of fused-ring (bicyclic) bond motifs is 1. The van der Waals surface area contributed by atoms with Crippen molar-refractivity contribution in [2.24, 2.45) is 5.92 Å². The zero-order valence-electron chi connectivity index (χ0n) is 11.0. The standard InChI is InChI=1S/C14H22N2S.ClH/c1-11-13-5-8-17-14(13)4-7-16(11)10-12-3-2-6-15-9-12;/h5,8,11-12,15H,2-4,6-7,9-10H2,1H3;1H. The summed E-state index contributed by atoms with van der Waals surface area (Å²) in [4.78, 5) is 4.31. The zero-order chi connectivity index (χ0) is 11.7. The predicted octanol–water partition coefficient (Wildman–Crippen LogP) is 3.09. The maximum atomic E-state index is 3.53. The van der Waals surface area contributed by atoms with E-state index in [2.05, 4.69) is 28.6 Å². The van der Waals surface area contributed by atoms with Crippen LogP contribution in [0.1, 0.15) is 36.2 Å². The third-order valence-corrected chi connectivity index (χ3v) is 5.29. The molecule has 1 N–H and O–H groups in total. The van der Waals surface area contributed by atoms with Gasteiger partial charge in [0.2, 0.25) is 0 Å². The van der Waals surface area contributed by atoms with E-state index >= 15 is 0 Å². The van der Waals surface area contributed by atoms with Gasteiger partial charge in [-0.2, -0.15) is 0 Å². The molecule has 0 saturated carbocycles. The van der Waals surface area contributed by atoms with Gasteiger partial charge in [0.15, 0.2) is 0 Å². The van der Waals surface area contributed by atoms with Gasteiger partial charge in [-0.25, -0.2) is 0 Å². The maximum Gasteiger partial charge on any atom is 0.0331 e. The quantitative estimate of drug-likeness (QED) is 0.899. The molecule has 1 aromatic heterocycles. The Labute approximate surface area is 120 Å². The van der Waals surface area contributed by atoms with Gasteiger partial charge in [0, 0.05) is 24.0 Å². The summed E-state index contributed by atoms with van der Waals surface area (Å²) in [7, 11) is 0. The second-order valence-corrected chi connectivity index (χ2v) is 6.43. The minimum atomic E-state index is 0. The van der Waals surface area contributed by atoms with E-state index in [0.29, 0.717) is 6.04 Å². The average molecular weight is 287 g/mol. The molecule has 0 aliphatic carbocycles. The van der Waals surface area contributed by atoms with E-state index in [-0.39, 0.29) is 12.4 Å². The SMILES string of the molecule is CC1c2ccsc2CCN1CC1CCCNC1.Cl. The highest BCUT2D eigenvalue weighted by Gasteiger charge is 2.26. The van der Waals surface area contributed by atoms with Crippen molar-refractivity contribution >= 4 is 23.7 Å². The lowest BCUT2D eigenvalue weighted by molar-refractivity contribution is 0.155. The van der Waals surface area contributed by atoms with Gasteiger partial charge in [0.25, 0.3) is 0 Å². The van der Waals surface area contributed by atoms with Crippen molar-refractivity contribution in [1.82, 2.24) is 10.2 Å². The number of nitrogens with one attached hydrogen (secondary N) is 1. The number of nitrogens with zero attached hydrogens (tertiary/aromatic N) is 1. The molecule has 2 atom stereocenters. The van der Waals surface area contributed by atoms with Gasteiger partial charge in [-0.15, -0.1) is 23.7 Å². The Balaban J connectivity index is 0.00000120. The van der Waals surface area contributed by atoms with Crippen LogP contribution in [0.5, 0.6) is 0 Å². The predicted molar refractivity (Wildman–Crippen MR) is 80.9 cm³/mol. The number of halogens is 1. The van der Waals surface area contributed by atoms with Crippen molar-refractivity contribution in [2.45, 2.75) is 32.2 Å². The summed E-state index contributed by atoms with van der Waals surface area (Å²) in [5, 5.41) is 5.79. The van der Waals surface area contributed by atoms with Crippen LogP contribution in [0.4, 0.5) is 0 Å². The summed E-state index contributed by atoms with van der Waals surface area (Å²) in [6, 6.07) is 2.96. The molecule has 0 amide bonds. The van der Waals surface area contributed by atoms with Gasteiger partial charge in [-0.3, -0.25) is 4.90 Å². The van der Waals surface area contributed by atoms with Gasteiger partial charge >= 0.3 is 0 Å². The summed E-state index contributed by atoms with van der Waals surface area (Å²) < 4.78 is 0. The first-order valence-corrected chi connectivity index (χ1v) is 7.73. The molecule has 0 radical (unpaired) electrons. The van der Waals surface area contributed by atoms with Crippen molar-refractivity contribution in [3.8, 4) is 0 Å². The lowest BCUT2D eigenvalue weighted by Crippen LogP contribution is -2.41. The van der Waals surface area contributed by atoms with E-state index in [1.54, 1.807) is 10.4 Å². The zero-order valence-corrected chi connectivity index (χ0v) is 12.7. The largest absolute Gasteiger partial charge is 0.316 e. The molecule has 2 nitrogen and oxygen atoms in total. The van der Waals surface area contributed by atoms with Gasteiger partial charge in [-0.1, -0.05) is 0 Å². The van der Waals surface area contributed by atoms with Crippen molar-refractivity contribution in [1.29, 1.82) is 0 Å². The average Bonchev–Trinajstić information content (AvgIpc) is 2.83. The van der Waals surface area contributed by atoms with Crippen molar-refractivity contribution in [3.05, 3.63) is 21.9 Å². The van der Waals surface area contributed by atoms with Crippen LogP contribution in [0.3, 0.4) is 0 Å². The molecule has 2 unspecified atom stereocenters. The number of thiophene rings is 1. The summed E-state index contributed by atoms with van der Waals surface area (Å²) in [5.41, 5.74) is 1.59. The summed E-state index contributed by atoms with van der Waals surface area (Å²) in [6.45, 7) is 7.36. The molecular weight excluding hydrogens is 264 g/mol. The molecule has 0 bridgehead atoms. The highest BCUT2D eigenvalue weighted by atomic mass is 35.5. The third-order valence-electron chi connectivity index (χ3n) is 4.30. The molecule has 102 valence electrons. The first kappa shape index (κ1) is 14.3. The Morgan fingerprint density at radius 1 is 1.50 bits per heavy atom. The fraction of sp³-hybridized carbons (Fsp3) is 0.714. The molecule has 3 heterocycles. The van der Waals surface area contributed by atoms with Crippen LogP contribution >= 0.6 is 23.7 Å². The van der Waals surface area contributed by atoms with Gasteiger partial charge in [0.05, 0.1) is 0 Å². The van der Waals surface area contributed by atoms with E-state index in [4.69, 9.17) is 0 Å². The molecule has 2 aliphatic rings. The lowest BCUT2D eigenvalue weighted by atomic mass is 9.95. The van der Waals surface area contributed by atoms with Crippen LogP contribution in [-0.4, -0.2) is 31.1 Å². The molecule has 1 saturated heterocycles. The van der Waals surface area contributed by atoms with Gasteiger partial charge in [-0.05, 0) is 62.2 Å². The number of rotatable bonds is 2. The van der Waals surface area contributed by atoms with Gasteiger partial charge in [0.1, 0.15) is 0 Å². The van der Waals surface area contributed by atoms with Crippen molar-refractivity contribution in [3.63, 3.8) is 0 Å². The van der Waals surface area contributed by atoms with Crippen LogP contribution in [0.2, 0.25) is 0 Å². The summed E-state index contributed by atoms with van der Waals surface area (Å²) >= 11 is 1.94. The van der Waals surface area contributed by atoms with Crippen LogP contribution in [-0.2, 0) is 6.42 Å². The van der Waals surface area contributed by atoms with Gasteiger partial charge < -0.3 is 5.32 Å². The highest BCUT2D eigenvalue weighted by molar-refractivity contribution is 7.10. The molecule has 1 fully saturated rings. The number of piperidine rings is 1. The van der Waals surface area contributed by atoms with E-state index in [9.17, 15) is 0 Å². The first-order chi connectivity index (χ1) is 8.34. The van der Waals surface area contributed by atoms with E-state index in [0.717, 1.165) is 5.92 Å². The Hall–Kier alpha value is -0.0900. The molecule has 3 rings (SSSR count). The molecule has 18 heavy (non-hydrogen) atoms. The molecular formula is C14H23ClN2S. The monoisotopic (exact) mass is 286 g/mol. The van der Waals surface area contributed by atoms with Crippen LogP contribution in [0.25, 0.3) is 0 Å². The Morgan fingerprint density at radius 3 is 3.17 bits per heavy atom. The summed E-state index contributed by atoms with van der Waals surface area (Å²) in [5.74, 6) is 0.867. The molecule has 4 heteroatoms. The third kappa shape index (κ3) is 2.90. The maximum absolute atomic E-state index is 3.53. The van der Waals surface area contributed by atoms with E-state index < -0.39 is 0 Å².